The second-order valence-electron chi connectivity index (χ2n) is 2.96. The molecule has 2 aromatic rings. The van der Waals surface area contributed by atoms with Crippen molar-refractivity contribution in [2.24, 2.45) is 0 Å². The van der Waals surface area contributed by atoms with Gasteiger partial charge >= 0.3 is 0 Å². The van der Waals surface area contributed by atoms with Crippen LogP contribution in [0.1, 0.15) is 0 Å². The molecule has 15 heavy (non-hydrogen) atoms. The summed E-state index contributed by atoms with van der Waals surface area (Å²) in [5.74, 6) is -0.447. The number of fused-ring (bicyclic) bond motifs is 1. The highest BCUT2D eigenvalue weighted by atomic mass is 35.5. The molecule has 0 fully saturated rings. The van der Waals surface area contributed by atoms with Gasteiger partial charge in [0.25, 0.3) is 5.91 Å². The fourth-order valence-electron chi connectivity index (χ4n) is 1.21. The van der Waals surface area contributed by atoms with E-state index < -0.39 is 10.7 Å². The van der Waals surface area contributed by atoms with E-state index in [1.165, 1.54) is 0 Å². The summed E-state index contributed by atoms with van der Waals surface area (Å²) in [6, 6.07) is 5.36. The topological polar surface area (TPSA) is 57.8 Å². The minimum atomic E-state index is -1.07. The van der Waals surface area contributed by atoms with Crippen molar-refractivity contribution in [1.29, 1.82) is 0 Å². The SMILES string of the molecule is O=C(Nc1ccc2cn[nH]c2c1)C(Cl)Cl. The average molecular weight is 244 g/mol. The Balaban J connectivity index is 2.25. The van der Waals surface area contributed by atoms with Crippen molar-refractivity contribution in [3.63, 3.8) is 0 Å². The molecule has 0 saturated carbocycles. The molecule has 4 nitrogen and oxygen atoms in total. The summed E-state index contributed by atoms with van der Waals surface area (Å²) in [7, 11) is 0. The van der Waals surface area contributed by atoms with Gasteiger partial charge in [-0.25, -0.2) is 0 Å². The highest BCUT2D eigenvalue weighted by molar-refractivity contribution is 6.54. The minimum Gasteiger partial charge on any atom is -0.324 e. The molecule has 0 spiro atoms. The maximum absolute atomic E-state index is 11.2. The molecule has 0 unspecified atom stereocenters. The Labute approximate surface area is 95.6 Å². The van der Waals surface area contributed by atoms with E-state index in [0.717, 1.165) is 10.9 Å². The number of aromatic nitrogens is 2. The highest BCUT2D eigenvalue weighted by Gasteiger charge is 2.11. The van der Waals surface area contributed by atoms with E-state index in [-0.39, 0.29) is 0 Å². The Morgan fingerprint density at radius 2 is 2.27 bits per heavy atom. The van der Waals surface area contributed by atoms with E-state index in [1.807, 2.05) is 6.07 Å². The first-order chi connectivity index (χ1) is 7.16. The van der Waals surface area contributed by atoms with Crippen LogP contribution in [-0.2, 0) is 4.79 Å². The Morgan fingerprint density at radius 3 is 3.00 bits per heavy atom. The molecule has 0 aliphatic rings. The largest absolute Gasteiger partial charge is 0.324 e. The second kappa shape index (κ2) is 4.08. The molecule has 0 saturated heterocycles. The van der Waals surface area contributed by atoms with Gasteiger partial charge in [0.2, 0.25) is 0 Å². The normalized spacial score (nSPS) is 10.9. The maximum atomic E-state index is 11.2. The summed E-state index contributed by atoms with van der Waals surface area (Å²) >= 11 is 10.8. The number of amides is 1. The summed E-state index contributed by atoms with van der Waals surface area (Å²) < 4.78 is 0. The number of rotatable bonds is 2. The first kappa shape index (κ1) is 10.3. The predicted molar refractivity (Wildman–Crippen MR) is 60.2 cm³/mol. The molecule has 0 bridgehead atoms. The number of nitrogens with one attached hydrogen (secondary N) is 2. The van der Waals surface area contributed by atoms with Crippen molar-refractivity contribution in [2.75, 3.05) is 5.32 Å². The van der Waals surface area contributed by atoms with Crippen LogP contribution in [0, 0.1) is 0 Å². The van der Waals surface area contributed by atoms with Crippen molar-refractivity contribution < 1.29 is 4.79 Å². The monoisotopic (exact) mass is 243 g/mol. The van der Waals surface area contributed by atoms with Crippen LogP contribution in [0.25, 0.3) is 10.9 Å². The molecule has 2 N–H and O–H groups in total. The number of aromatic amines is 1. The zero-order valence-electron chi connectivity index (χ0n) is 7.50. The number of hydrogen-bond donors (Lipinski definition) is 2. The quantitative estimate of drug-likeness (QED) is 0.796. The number of carbonyl (C=O) groups excluding carboxylic acids is 1. The zero-order valence-corrected chi connectivity index (χ0v) is 9.01. The van der Waals surface area contributed by atoms with Gasteiger partial charge in [0.1, 0.15) is 0 Å². The van der Waals surface area contributed by atoms with E-state index in [9.17, 15) is 4.79 Å². The molecule has 1 heterocycles. The number of carbonyl (C=O) groups is 1. The van der Waals surface area contributed by atoms with Crippen LogP contribution in [0.15, 0.2) is 24.4 Å². The summed E-state index contributed by atoms with van der Waals surface area (Å²) in [5.41, 5.74) is 1.47. The fraction of sp³-hybridized carbons (Fsp3) is 0.111. The van der Waals surface area contributed by atoms with Gasteiger partial charge in [-0.1, -0.05) is 23.2 Å². The van der Waals surface area contributed by atoms with Gasteiger partial charge in [0.15, 0.2) is 4.84 Å². The third-order valence-electron chi connectivity index (χ3n) is 1.91. The summed E-state index contributed by atoms with van der Waals surface area (Å²) in [5, 5.41) is 10.2. The summed E-state index contributed by atoms with van der Waals surface area (Å²) in [6.07, 6.45) is 1.70. The van der Waals surface area contributed by atoms with Crippen LogP contribution < -0.4 is 5.32 Å². The van der Waals surface area contributed by atoms with Crippen molar-refractivity contribution in [3.8, 4) is 0 Å². The van der Waals surface area contributed by atoms with Crippen LogP contribution in [0.4, 0.5) is 5.69 Å². The molecular formula is C9H7Cl2N3O. The van der Waals surface area contributed by atoms with Crippen molar-refractivity contribution in [2.45, 2.75) is 4.84 Å². The molecule has 1 amide bonds. The molecule has 1 aromatic heterocycles. The van der Waals surface area contributed by atoms with E-state index in [0.29, 0.717) is 5.69 Å². The smallest absolute Gasteiger partial charge is 0.257 e. The average Bonchev–Trinajstić information content (AvgIpc) is 2.64. The third-order valence-corrected chi connectivity index (χ3v) is 2.30. The van der Waals surface area contributed by atoms with Crippen molar-refractivity contribution in [1.82, 2.24) is 10.2 Å². The number of hydrogen-bond acceptors (Lipinski definition) is 2. The van der Waals surface area contributed by atoms with Gasteiger partial charge in [-0.3, -0.25) is 9.89 Å². The third kappa shape index (κ3) is 2.22. The van der Waals surface area contributed by atoms with Gasteiger partial charge in [-0.05, 0) is 18.2 Å². The Hall–Kier alpha value is -1.26. The molecule has 1 aromatic carbocycles. The van der Waals surface area contributed by atoms with E-state index in [1.54, 1.807) is 18.3 Å². The molecule has 78 valence electrons. The van der Waals surface area contributed by atoms with Crippen LogP contribution in [0.5, 0.6) is 0 Å². The van der Waals surface area contributed by atoms with Gasteiger partial charge in [-0.15, -0.1) is 0 Å². The lowest BCUT2D eigenvalue weighted by Gasteiger charge is -2.04. The van der Waals surface area contributed by atoms with E-state index in [2.05, 4.69) is 15.5 Å². The fourth-order valence-corrected chi connectivity index (χ4v) is 1.32. The molecule has 0 aliphatic heterocycles. The molecule has 0 aliphatic carbocycles. The first-order valence-electron chi connectivity index (χ1n) is 4.19. The lowest BCUT2D eigenvalue weighted by molar-refractivity contribution is -0.114. The number of H-pyrrole nitrogens is 1. The van der Waals surface area contributed by atoms with Crippen LogP contribution in [0.2, 0.25) is 0 Å². The predicted octanol–water partition coefficient (Wildman–Crippen LogP) is 2.31. The van der Waals surface area contributed by atoms with Crippen LogP contribution in [-0.4, -0.2) is 20.9 Å². The summed E-state index contributed by atoms with van der Waals surface area (Å²) in [4.78, 5) is 10.1. The number of anilines is 1. The number of alkyl halides is 2. The lowest BCUT2D eigenvalue weighted by atomic mass is 10.2. The van der Waals surface area contributed by atoms with Crippen molar-refractivity contribution in [3.05, 3.63) is 24.4 Å². The number of benzene rings is 1. The van der Waals surface area contributed by atoms with Gasteiger partial charge in [-0.2, -0.15) is 5.10 Å². The Morgan fingerprint density at radius 1 is 1.47 bits per heavy atom. The Bertz CT molecular complexity index is 495. The second-order valence-corrected chi connectivity index (χ2v) is 4.06. The number of halogens is 2. The van der Waals surface area contributed by atoms with Gasteiger partial charge < -0.3 is 5.32 Å². The molecule has 0 atom stereocenters. The zero-order chi connectivity index (χ0) is 10.8. The Kier molecular flexibility index (Phi) is 2.79. The first-order valence-corrected chi connectivity index (χ1v) is 5.06. The van der Waals surface area contributed by atoms with E-state index >= 15 is 0 Å². The van der Waals surface area contributed by atoms with Crippen LogP contribution >= 0.6 is 23.2 Å². The van der Waals surface area contributed by atoms with Crippen molar-refractivity contribution >= 4 is 45.7 Å². The van der Waals surface area contributed by atoms with Crippen LogP contribution in [0.3, 0.4) is 0 Å². The molecule has 2 rings (SSSR count). The number of nitrogens with zero attached hydrogens (tertiary/aromatic N) is 1. The maximum Gasteiger partial charge on any atom is 0.257 e. The molecule has 0 radical (unpaired) electrons. The summed E-state index contributed by atoms with van der Waals surface area (Å²) in [6.45, 7) is 0. The van der Waals surface area contributed by atoms with Gasteiger partial charge in [0.05, 0.1) is 11.7 Å². The molecule has 6 heteroatoms. The lowest BCUT2D eigenvalue weighted by Crippen LogP contribution is -2.18. The standard InChI is InChI=1S/C9H7Cl2N3O/c10-8(11)9(15)13-6-2-1-5-4-12-14-7(5)3-6/h1-4,8H,(H,12,14)(H,13,15). The molecular weight excluding hydrogens is 237 g/mol. The van der Waals surface area contributed by atoms with Gasteiger partial charge in [0, 0.05) is 11.1 Å². The van der Waals surface area contributed by atoms with E-state index in [4.69, 9.17) is 23.2 Å². The highest BCUT2D eigenvalue weighted by Crippen LogP contribution is 2.17. The minimum absolute atomic E-state index is 0.447.